The van der Waals surface area contributed by atoms with Crippen molar-refractivity contribution in [2.24, 2.45) is 10.9 Å². The minimum absolute atomic E-state index is 0. The number of ether oxygens (including phenoxy) is 2. The summed E-state index contributed by atoms with van der Waals surface area (Å²) >= 11 is 0. The summed E-state index contributed by atoms with van der Waals surface area (Å²) in [7, 11) is 5.08. The van der Waals surface area contributed by atoms with Crippen LogP contribution in [0.3, 0.4) is 0 Å². The van der Waals surface area contributed by atoms with Gasteiger partial charge in [0.15, 0.2) is 17.5 Å². The van der Waals surface area contributed by atoms with E-state index in [2.05, 4.69) is 26.6 Å². The van der Waals surface area contributed by atoms with Crippen molar-refractivity contribution >= 4 is 35.8 Å². The van der Waals surface area contributed by atoms with E-state index in [0.29, 0.717) is 13.1 Å². The van der Waals surface area contributed by atoms with Gasteiger partial charge in [-0.1, -0.05) is 13.8 Å². The number of carbonyl (C=O) groups excluding carboxylic acids is 1. The van der Waals surface area contributed by atoms with E-state index >= 15 is 0 Å². The fourth-order valence-electron chi connectivity index (χ4n) is 2.96. The van der Waals surface area contributed by atoms with Crippen molar-refractivity contribution < 1.29 is 14.3 Å². The molecule has 0 aromatic heterocycles. The molecule has 1 aromatic rings. The molecule has 152 valence electrons. The number of guanidine groups is 1. The highest BCUT2D eigenvalue weighted by Gasteiger charge is 2.21. The highest BCUT2D eigenvalue weighted by atomic mass is 127. The van der Waals surface area contributed by atoms with Gasteiger partial charge in [-0.05, 0) is 29.7 Å². The molecule has 8 heteroatoms. The second-order valence-corrected chi connectivity index (χ2v) is 6.57. The molecule has 0 saturated heterocycles. The molecule has 1 amide bonds. The lowest BCUT2D eigenvalue weighted by Gasteiger charge is -2.32. The summed E-state index contributed by atoms with van der Waals surface area (Å²) < 4.78 is 10.8. The quantitative estimate of drug-likeness (QED) is 0.276. The molecule has 0 saturated carbocycles. The van der Waals surface area contributed by atoms with Gasteiger partial charge < -0.3 is 25.0 Å². The van der Waals surface area contributed by atoms with Gasteiger partial charge in [0, 0.05) is 39.1 Å². The normalized spacial score (nSPS) is 13.6. The number of benzene rings is 1. The van der Waals surface area contributed by atoms with E-state index in [1.54, 1.807) is 21.3 Å². The standard InChI is InChI=1S/C19H30N4O3.HI/c1-13(2)18(24)21-7-8-22-19(20-3)23-9-6-14-10-16(25-4)17(26-5)11-15(14)12-23;/h10-11,13H,6-9,12H2,1-5H3,(H,20,22)(H,21,24);1H. The Morgan fingerprint density at radius 1 is 1.15 bits per heavy atom. The lowest BCUT2D eigenvalue weighted by atomic mass is 9.99. The molecule has 0 bridgehead atoms. The van der Waals surface area contributed by atoms with Crippen LogP contribution in [0.25, 0.3) is 0 Å². The second kappa shape index (κ2) is 11.2. The number of hydrogen-bond acceptors (Lipinski definition) is 4. The van der Waals surface area contributed by atoms with Crippen molar-refractivity contribution in [3.8, 4) is 11.5 Å². The lowest BCUT2D eigenvalue weighted by molar-refractivity contribution is -0.123. The maximum Gasteiger partial charge on any atom is 0.222 e. The van der Waals surface area contributed by atoms with Crippen LogP contribution in [0.4, 0.5) is 0 Å². The molecule has 27 heavy (non-hydrogen) atoms. The van der Waals surface area contributed by atoms with Crippen LogP contribution in [0.1, 0.15) is 25.0 Å². The van der Waals surface area contributed by atoms with Gasteiger partial charge in [0.05, 0.1) is 14.2 Å². The van der Waals surface area contributed by atoms with E-state index in [0.717, 1.165) is 37.0 Å². The van der Waals surface area contributed by atoms with Gasteiger partial charge in [0.1, 0.15) is 0 Å². The number of amides is 1. The number of nitrogens with one attached hydrogen (secondary N) is 2. The summed E-state index contributed by atoms with van der Waals surface area (Å²) in [4.78, 5) is 18.2. The molecule has 2 rings (SSSR count). The topological polar surface area (TPSA) is 75.2 Å². The maximum absolute atomic E-state index is 11.6. The number of nitrogens with zero attached hydrogens (tertiary/aromatic N) is 2. The number of aliphatic imine (C=N–C) groups is 1. The fourth-order valence-corrected chi connectivity index (χ4v) is 2.96. The number of rotatable bonds is 6. The Morgan fingerprint density at radius 3 is 2.30 bits per heavy atom. The van der Waals surface area contributed by atoms with Gasteiger partial charge in [0.2, 0.25) is 5.91 Å². The Morgan fingerprint density at radius 2 is 1.74 bits per heavy atom. The number of halogens is 1. The largest absolute Gasteiger partial charge is 0.493 e. The Bertz CT molecular complexity index is 665. The molecular weight excluding hydrogens is 459 g/mol. The van der Waals surface area contributed by atoms with Crippen LogP contribution in [0, 0.1) is 5.92 Å². The van der Waals surface area contributed by atoms with E-state index in [1.165, 1.54) is 11.1 Å². The molecule has 0 fully saturated rings. The molecule has 1 aliphatic heterocycles. The Kier molecular flexibility index (Phi) is 9.68. The number of methoxy groups -OCH3 is 2. The Hall–Kier alpha value is -1.71. The van der Waals surface area contributed by atoms with Crippen LogP contribution < -0.4 is 20.1 Å². The molecule has 1 aromatic carbocycles. The number of hydrogen-bond donors (Lipinski definition) is 2. The van der Waals surface area contributed by atoms with E-state index in [1.807, 2.05) is 19.9 Å². The molecule has 2 N–H and O–H groups in total. The summed E-state index contributed by atoms with van der Waals surface area (Å²) in [5.41, 5.74) is 2.49. The maximum atomic E-state index is 11.6. The summed E-state index contributed by atoms with van der Waals surface area (Å²) in [6.07, 6.45) is 0.917. The average Bonchev–Trinajstić information content (AvgIpc) is 2.66. The van der Waals surface area contributed by atoms with Gasteiger partial charge in [0.25, 0.3) is 0 Å². The third kappa shape index (κ3) is 6.15. The Balaban J connectivity index is 0.00000364. The van der Waals surface area contributed by atoms with Gasteiger partial charge in [-0.2, -0.15) is 0 Å². The van der Waals surface area contributed by atoms with Crippen molar-refractivity contribution in [1.82, 2.24) is 15.5 Å². The van der Waals surface area contributed by atoms with Gasteiger partial charge >= 0.3 is 0 Å². The Labute approximate surface area is 178 Å². The molecule has 7 nitrogen and oxygen atoms in total. The number of carbonyl (C=O) groups is 1. The van der Waals surface area contributed by atoms with Crippen molar-refractivity contribution in [3.05, 3.63) is 23.3 Å². The van der Waals surface area contributed by atoms with Crippen LogP contribution in [0.2, 0.25) is 0 Å². The second-order valence-electron chi connectivity index (χ2n) is 6.57. The lowest BCUT2D eigenvalue weighted by Crippen LogP contribution is -2.46. The molecule has 0 radical (unpaired) electrons. The van der Waals surface area contributed by atoms with Crippen LogP contribution in [-0.2, 0) is 17.8 Å². The molecule has 1 heterocycles. The fraction of sp³-hybridized carbons (Fsp3) is 0.579. The van der Waals surface area contributed by atoms with Gasteiger partial charge in [-0.25, -0.2) is 0 Å². The first-order valence-electron chi connectivity index (χ1n) is 8.97. The molecule has 0 aliphatic carbocycles. The zero-order chi connectivity index (χ0) is 19.1. The third-order valence-electron chi connectivity index (χ3n) is 4.46. The smallest absolute Gasteiger partial charge is 0.222 e. The van der Waals surface area contributed by atoms with Crippen molar-refractivity contribution in [2.45, 2.75) is 26.8 Å². The van der Waals surface area contributed by atoms with E-state index in [4.69, 9.17) is 9.47 Å². The van der Waals surface area contributed by atoms with E-state index in [9.17, 15) is 4.79 Å². The summed E-state index contributed by atoms with van der Waals surface area (Å²) in [5, 5.41) is 6.22. The van der Waals surface area contributed by atoms with Crippen molar-refractivity contribution in [3.63, 3.8) is 0 Å². The minimum Gasteiger partial charge on any atom is -0.493 e. The van der Waals surface area contributed by atoms with Crippen LogP contribution in [-0.4, -0.2) is 57.7 Å². The van der Waals surface area contributed by atoms with Crippen molar-refractivity contribution in [1.29, 1.82) is 0 Å². The summed E-state index contributed by atoms with van der Waals surface area (Å²) in [6, 6.07) is 4.10. The molecule has 0 spiro atoms. The average molecular weight is 490 g/mol. The van der Waals surface area contributed by atoms with Gasteiger partial charge in [-0.3, -0.25) is 9.79 Å². The molecule has 0 atom stereocenters. The predicted molar refractivity (Wildman–Crippen MR) is 118 cm³/mol. The zero-order valence-electron chi connectivity index (χ0n) is 16.8. The first kappa shape index (κ1) is 23.3. The van der Waals surface area contributed by atoms with Crippen LogP contribution in [0.5, 0.6) is 11.5 Å². The monoisotopic (exact) mass is 490 g/mol. The van der Waals surface area contributed by atoms with E-state index < -0.39 is 0 Å². The summed E-state index contributed by atoms with van der Waals surface area (Å²) in [6.45, 7) is 6.62. The predicted octanol–water partition coefficient (Wildman–Crippen LogP) is 2.03. The van der Waals surface area contributed by atoms with Crippen LogP contribution >= 0.6 is 24.0 Å². The number of fused-ring (bicyclic) bond motifs is 1. The van der Waals surface area contributed by atoms with E-state index in [-0.39, 0.29) is 35.8 Å². The SMILES string of the molecule is CN=C(NCCNC(=O)C(C)C)N1CCc2cc(OC)c(OC)cc2C1.I. The highest BCUT2D eigenvalue weighted by Crippen LogP contribution is 2.33. The first-order chi connectivity index (χ1) is 12.5. The zero-order valence-corrected chi connectivity index (χ0v) is 19.1. The van der Waals surface area contributed by atoms with Gasteiger partial charge in [-0.15, -0.1) is 24.0 Å². The molecule has 1 aliphatic rings. The highest BCUT2D eigenvalue weighted by molar-refractivity contribution is 14.0. The van der Waals surface area contributed by atoms with Crippen molar-refractivity contribution in [2.75, 3.05) is 40.9 Å². The first-order valence-corrected chi connectivity index (χ1v) is 8.97. The minimum atomic E-state index is -0.000111. The molecule has 0 unspecified atom stereocenters. The third-order valence-corrected chi connectivity index (χ3v) is 4.46. The van der Waals surface area contributed by atoms with Crippen LogP contribution in [0.15, 0.2) is 17.1 Å². The summed E-state index contributed by atoms with van der Waals surface area (Å²) in [5.74, 6) is 2.41. The molecular formula is C19H31IN4O3.